The largest absolute Gasteiger partial charge is 0.507 e. The molecule has 4 aromatic rings. The fourth-order valence-corrected chi connectivity index (χ4v) is 4.18. The van der Waals surface area contributed by atoms with Gasteiger partial charge in [0, 0.05) is 11.3 Å². The number of amides is 1. The van der Waals surface area contributed by atoms with Crippen LogP contribution >= 0.6 is 0 Å². The number of nitrogens with zero attached hydrogens (tertiary/aromatic N) is 1. The Labute approximate surface area is 175 Å². The van der Waals surface area contributed by atoms with Crippen molar-refractivity contribution >= 4 is 17.3 Å². The van der Waals surface area contributed by atoms with Gasteiger partial charge in [0.15, 0.2) is 0 Å². The minimum Gasteiger partial charge on any atom is -0.507 e. The average Bonchev–Trinajstić information content (AvgIpc) is 3.07. The molecule has 1 aliphatic heterocycles. The number of carbonyl (C=O) groups excluding carboxylic acids is 1. The summed E-state index contributed by atoms with van der Waals surface area (Å²) in [5, 5.41) is 10.5. The molecule has 1 heterocycles. The van der Waals surface area contributed by atoms with Crippen LogP contribution in [-0.2, 0) is 4.79 Å². The average molecular weight is 391 g/mol. The SMILES string of the molecule is Cc1ccc(-c2cc(C3C(=O)N(c4ccccc4)c4ccccc43)ccc2O)cc1. The third-order valence-electron chi connectivity index (χ3n) is 5.69. The smallest absolute Gasteiger partial charge is 0.243 e. The summed E-state index contributed by atoms with van der Waals surface area (Å²) >= 11 is 0. The van der Waals surface area contributed by atoms with Gasteiger partial charge in [0.1, 0.15) is 5.75 Å². The van der Waals surface area contributed by atoms with Gasteiger partial charge in [0.25, 0.3) is 0 Å². The van der Waals surface area contributed by atoms with E-state index >= 15 is 0 Å². The minimum atomic E-state index is -0.411. The van der Waals surface area contributed by atoms with Gasteiger partial charge >= 0.3 is 0 Å². The number of fused-ring (bicyclic) bond motifs is 1. The van der Waals surface area contributed by atoms with Crippen molar-refractivity contribution in [2.24, 2.45) is 0 Å². The number of hydrogen-bond donors (Lipinski definition) is 1. The summed E-state index contributed by atoms with van der Waals surface area (Å²) in [5.41, 5.74) is 6.44. The van der Waals surface area contributed by atoms with Crippen LogP contribution in [0.5, 0.6) is 5.75 Å². The minimum absolute atomic E-state index is 0.0166. The zero-order valence-electron chi connectivity index (χ0n) is 16.6. The number of anilines is 2. The van der Waals surface area contributed by atoms with Crippen molar-refractivity contribution in [3.63, 3.8) is 0 Å². The second-order valence-electron chi connectivity index (χ2n) is 7.64. The van der Waals surface area contributed by atoms with Crippen LogP contribution in [0.4, 0.5) is 11.4 Å². The molecule has 0 aliphatic carbocycles. The van der Waals surface area contributed by atoms with Gasteiger partial charge in [-0.1, -0.05) is 72.3 Å². The Balaban J connectivity index is 1.63. The summed E-state index contributed by atoms with van der Waals surface area (Å²) in [5.74, 6) is -0.185. The molecule has 1 amide bonds. The van der Waals surface area contributed by atoms with E-state index in [2.05, 4.69) is 0 Å². The number of rotatable bonds is 3. The maximum atomic E-state index is 13.6. The van der Waals surface area contributed by atoms with Crippen molar-refractivity contribution in [2.45, 2.75) is 12.8 Å². The Morgan fingerprint density at radius 1 is 0.800 bits per heavy atom. The number of phenols is 1. The van der Waals surface area contributed by atoms with Crippen LogP contribution in [0.3, 0.4) is 0 Å². The van der Waals surface area contributed by atoms with Crippen molar-refractivity contribution in [1.82, 2.24) is 0 Å². The lowest BCUT2D eigenvalue weighted by atomic mass is 9.90. The summed E-state index contributed by atoms with van der Waals surface area (Å²) in [6.45, 7) is 2.03. The standard InChI is InChI=1S/C27H21NO2/c1-18-11-13-19(14-12-18)23-17-20(15-16-25(23)29)26-22-9-5-6-10-24(22)28(27(26)30)21-7-3-2-4-8-21/h2-17,26,29H,1H3. The van der Waals surface area contributed by atoms with Crippen molar-refractivity contribution in [3.05, 3.63) is 114 Å². The van der Waals surface area contributed by atoms with Gasteiger partial charge in [-0.05, 0) is 53.9 Å². The Morgan fingerprint density at radius 2 is 1.50 bits per heavy atom. The van der Waals surface area contributed by atoms with Gasteiger partial charge < -0.3 is 5.11 Å². The van der Waals surface area contributed by atoms with Gasteiger partial charge in [-0.2, -0.15) is 0 Å². The second kappa shape index (κ2) is 7.20. The summed E-state index contributed by atoms with van der Waals surface area (Å²) in [4.78, 5) is 15.4. The molecule has 1 unspecified atom stereocenters. The molecule has 0 radical (unpaired) electrons. The molecule has 0 aromatic heterocycles. The molecule has 146 valence electrons. The van der Waals surface area contributed by atoms with Crippen LogP contribution in [0.1, 0.15) is 22.6 Å². The summed E-state index contributed by atoms with van der Waals surface area (Å²) in [6, 6.07) is 31.2. The highest BCUT2D eigenvalue weighted by atomic mass is 16.3. The van der Waals surface area contributed by atoms with Gasteiger partial charge in [-0.3, -0.25) is 9.69 Å². The lowest BCUT2D eigenvalue weighted by Gasteiger charge is -2.18. The first-order valence-electron chi connectivity index (χ1n) is 10.0. The van der Waals surface area contributed by atoms with E-state index in [0.717, 1.165) is 39.2 Å². The zero-order valence-corrected chi connectivity index (χ0v) is 16.6. The van der Waals surface area contributed by atoms with Crippen LogP contribution in [-0.4, -0.2) is 11.0 Å². The first-order chi connectivity index (χ1) is 14.6. The molecule has 1 N–H and O–H groups in total. The van der Waals surface area contributed by atoms with E-state index in [1.165, 1.54) is 0 Å². The number of phenolic OH excluding ortho intramolecular Hbond substituents is 1. The van der Waals surface area contributed by atoms with Crippen molar-refractivity contribution in [3.8, 4) is 16.9 Å². The van der Waals surface area contributed by atoms with Crippen molar-refractivity contribution in [2.75, 3.05) is 4.90 Å². The van der Waals surface area contributed by atoms with E-state index < -0.39 is 5.92 Å². The summed E-state index contributed by atoms with van der Waals surface area (Å²) in [6.07, 6.45) is 0. The second-order valence-corrected chi connectivity index (χ2v) is 7.64. The van der Waals surface area contributed by atoms with Crippen LogP contribution in [0.2, 0.25) is 0 Å². The predicted octanol–water partition coefficient (Wildman–Crippen LogP) is 6.18. The van der Waals surface area contributed by atoms with Crippen molar-refractivity contribution < 1.29 is 9.90 Å². The molecule has 1 atom stereocenters. The van der Waals surface area contributed by atoms with Gasteiger partial charge in [0.2, 0.25) is 5.91 Å². The molecule has 30 heavy (non-hydrogen) atoms. The Kier molecular flexibility index (Phi) is 4.36. The predicted molar refractivity (Wildman–Crippen MR) is 120 cm³/mol. The molecule has 1 aliphatic rings. The molecule has 5 rings (SSSR count). The van der Waals surface area contributed by atoms with Gasteiger partial charge in [0.05, 0.1) is 11.6 Å². The molecule has 3 nitrogen and oxygen atoms in total. The van der Waals surface area contributed by atoms with Gasteiger partial charge in [-0.15, -0.1) is 0 Å². The molecule has 0 saturated heterocycles. The highest BCUT2D eigenvalue weighted by molar-refractivity contribution is 6.12. The third kappa shape index (κ3) is 2.96. The third-order valence-corrected chi connectivity index (χ3v) is 5.69. The quantitative estimate of drug-likeness (QED) is 0.453. The Morgan fingerprint density at radius 3 is 2.27 bits per heavy atom. The highest BCUT2D eigenvalue weighted by Gasteiger charge is 2.39. The first kappa shape index (κ1) is 18.2. The zero-order chi connectivity index (χ0) is 20.7. The topological polar surface area (TPSA) is 40.5 Å². The number of aryl methyl sites for hydroxylation is 1. The molecule has 4 aromatic carbocycles. The van der Waals surface area contributed by atoms with Crippen LogP contribution < -0.4 is 4.90 Å². The monoisotopic (exact) mass is 391 g/mol. The number of para-hydroxylation sites is 2. The molecule has 0 saturated carbocycles. The number of benzene rings is 4. The summed E-state index contributed by atoms with van der Waals surface area (Å²) in [7, 11) is 0. The molecule has 0 bridgehead atoms. The maximum absolute atomic E-state index is 13.6. The number of hydrogen-bond acceptors (Lipinski definition) is 2. The lowest BCUT2D eigenvalue weighted by molar-refractivity contribution is -0.117. The van der Waals surface area contributed by atoms with E-state index in [9.17, 15) is 9.90 Å². The van der Waals surface area contributed by atoms with Crippen LogP contribution in [0, 0.1) is 6.92 Å². The van der Waals surface area contributed by atoms with Crippen molar-refractivity contribution in [1.29, 1.82) is 0 Å². The van der Waals surface area contributed by atoms with E-state index in [4.69, 9.17) is 0 Å². The first-order valence-corrected chi connectivity index (χ1v) is 10.0. The molecule has 3 heteroatoms. The van der Waals surface area contributed by atoms with E-state index in [0.29, 0.717) is 0 Å². The van der Waals surface area contributed by atoms with E-state index in [1.54, 1.807) is 11.0 Å². The maximum Gasteiger partial charge on any atom is 0.243 e. The highest BCUT2D eigenvalue weighted by Crippen LogP contribution is 2.46. The normalized spacial score (nSPS) is 15.3. The van der Waals surface area contributed by atoms with Crippen LogP contribution in [0.25, 0.3) is 11.1 Å². The molecule has 0 spiro atoms. The fourth-order valence-electron chi connectivity index (χ4n) is 4.18. The molecule has 0 fully saturated rings. The Hall–Kier alpha value is -3.85. The lowest BCUT2D eigenvalue weighted by Crippen LogP contribution is -2.24. The van der Waals surface area contributed by atoms with Gasteiger partial charge in [-0.25, -0.2) is 0 Å². The number of aromatic hydroxyl groups is 1. The van der Waals surface area contributed by atoms with E-state index in [1.807, 2.05) is 97.9 Å². The fraction of sp³-hybridized carbons (Fsp3) is 0.0741. The Bertz CT molecular complexity index is 1230. The molecular formula is C27H21NO2. The molecular weight excluding hydrogens is 370 g/mol. The summed E-state index contributed by atoms with van der Waals surface area (Å²) < 4.78 is 0. The van der Waals surface area contributed by atoms with E-state index in [-0.39, 0.29) is 11.7 Å². The number of carbonyl (C=O) groups is 1. The van der Waals surface area contributed by atoms with Crippen LogP contribution in [0.15, 0.2) is 97.1 Å².